The van der Waals surface area contributed by atoms with E-state index in [1.54, 1.807) is 0 Å². The third kappa shape index (κ3) is 4.01. The lowest BCUT2D eigenvalue weighted by atomic mass is 9.93. The van der Waals surface area contributed by atoms with Crippen molar-refractivity contribution < 1.29 is 28.2 Å². The summed E-state index contributed by atoms with van der Waals surface area (Å²) in [6.45, 7) is 0.471. The minimum absolute atomic E-state index is 0.0538. The third-order valence-corrected chi connectivity index (χ3v) is 6.49. The van der Waals surface area contributed by atoms with Gasteiger partial charge in [0.25, 0.3) is 10.0 Å². The molecule has 1 aliphatic rings. The smallest absolute Gasteiger partial charge is 0.308 e. The summed E-state index contributed by atoms with van der Waals surface area (Å²) < 4.78 is 32.5. The minimum Gasteiger partial charge on any atom is -0.481 e. The van der Waals surface area contributed by atoms with Gasteiger partial charge in [-0.15, -0.1) is 11.3 Å². The highest BCUT2D eigenvalue weighted by Crippen LogP contribution is 2.27. The molecule has 2 heterocycles. The second kappa shape index (κ2) is 6.41. The molecule has 9 heteroatoms. The predicted molar refractivity (Wildman–Crippen MR) is 75.9 cm³/mol. The zero-order valence-electron chi connectivity index (χ0n) is 11.2. The molecule has 0 aliphatic carbocycles. The Labute approximate surface area is 126 Å². The Kier molecular flexibility index (Phi) is 4.99. The largest absolute Gasteiger partial charge is 0.481 e. The number of sulfonamides is 1. The maximum absolute atomic E-state index is 12.4. The van der Waals surface area contributed by atoms with Crippen LogP contribution in [0.5, 0.6) is 0 Å². The number of aliphatic hydroxyl groups excluding tert-OH is 1. The van der Waals surface area contributed by atoms with Gasteiger partial charge in [-0.3, -0.25) is 4.79 Å². The van der Waals surface area contributed by atoms with Crippen LogP contribution in [0.1, 0.15) is 17.7 Å². The van der Waals surface area contributed by atoms with Gasteiger partial charge < -0.3 is 14.9 Å². The number of aliphatic hydroxyl groups is 1. The number of nitrogens with one attached hydrogen (secondary N) is 1. The summed E-state index contributed by atoms with van der Waals surface area (Å²) in [4.78, 5) is 11.1. The fourth-order valence-corrected chi connectivity index (χ4v) is 4.93. The highest BCUT2D eigenvalue weighted by molar-refractivity contribution is 7.91. The summed E-state index contributed by atoms with van der Waals surface area (Å²) in [7, 11) is -3.79. The summed E-state index contributed by atoms with van der Waals surface area (Å²) in [6.07, 6.45) is 0.589. The van der Waals surface area contributed by atoms with Crippen LogP contribution in [0.2, 0.25) is 0 Å². The van der Waals surface area contributed by atoms with Gasteiger partial charge >= 0.3 is 5.97 Å². The van der Waals surface area contributed by atoms with Crippen LogP contribution in [-0.2, 0) is 26.0 Å². The fourth-order valence-electron chi connectivity index (χ4n) is 2.14. The Bertz CT molecular complexity index is 603. The number of hydrogen-bond donors (Lipinski definition) is 3. The van der Waals surface area contributed by atoms with Crippen molar-refractivity contribution in [2.45, 2.75) is 29.0 Å². The number of carboxylic acids is 1. The molecule has 2 rings (SSSR count). The van der Waals surface area contributed by atoms with Crippen LogP contribution in [0.4, 0.5) is 0 Å². The number of carboxylic acid groups (broad SMARTS) is 1. The van der Waals surface area contributed by atoms with Crippen LogP contribution in [0.15, 0.2) is 16.3 Å². The Balaban J connectivity index is 2.17. The van der Waals surface area contributed by atoms with Crippen molar-refractivity contribution in [1.29, 1.82) is 0 Å². The molecular formula is C12H17NO6S2. The zero-order chi connectivity index (χ0) is 15.5. The molecule has 0 aromatic carbocycles. The van der Waals surface area contributed by atoms with E-state index in [1.165, 1.54) is 12.1 Å². The molecular weight excluding hydrogens is 318 g/mol. The van der Waals surface area contributed by atoms with E-state index in [-0.39, 0.29) is 17.2 Å². The molecule has 118 valence electrons. The number of thiophene rings is 1. The number of carbonyl (C=O) groups is 1. The lowest BCUT2D eigenvalue weighted by Gasteiger charge is -2.35. The maximum atomic E-state index is 12.4. The van der Waals surface area contributed by atoms with Gasteiger partial charge in [0.2, 0.25) is 0 Å². The summed E-state index contributed by atoms with van der Waals surface area (Å²) >= 11 is 0.922. The van der Waals surface area contributed by atoms with Gasteiger partial charge in [0.05, 0.1) is 18.6 Å². The molecule has 0 bridgehead atoms. The molecule has 7 nitrogen and oxygen atoms in total. The zero-order valence-corrected chi connectivity index (χ0v) is 12.9. The van der Waals surface area contributed by atoms with Gasteiger partial charge in [-0.05, 0) is 25.0 Å². The van der Waals surface area contributed by atoms with E-state index in [0.717, 1.165) is 11.3 Å². The van der Waals surface area contributed by atoms with Crippen LogP contribution in [0, 0.1) is 0 Å². The van der Waals surface area contributed by atoms with Crippen molar-refractivity contribution in [3.05, 3.63) is 17.0 Å². The molecule has 1 aromatic rings. The van der Waals surface area contributed by atoms with Crippen molar-refractivity contribution >= 4 is 27.3 Å². The summed E-state index contributed by atoms with van der Waals surface area (Å²) in [5.41, 5.74) is -0.909. The van der Waals surface area contributed by atoms with Crippen LogP contribution in [0.25, 0.3) is 0 Å². The highest BCUT2D eigenvalue weighted by Gasteiger charge is 2.37. The van der Waals surface area contributed by atoms with Crippen LogP contribution < -0.4 is 4.72 Å². The van der Waals surface area contributed by atoms with Gasteiger partial charge in [0.1, 0.15) is 4.21 Å². The first-order valence-electron chi connectivity index (χ1n) is 6.40. The van der Waals surface area contributed by atoms with Crippen molar-refractivity contribution in [1.82, 2.24) is 4.72 Å². The average Bonchev–Trinajstić information content (AvgIpc) is 2.88. The Morgan fingerprint density at radius 2 is 2.05 bits per heavy atom. The summed E-state index contributed by atoms with van der Waals surface area (Å²) in [6, 6.07) is 2.87. The first-order valence-corrected chi connectivity index (χ1v) is 8.70. The maximum Gasteiger partial charge on any atom is 0.308 e. The molecule has 0 spiro atoms. The van der Waals surface area contributed by atoms with Crippen molar-refractivity contribution in [3.63, 3.8) is 0 Å². The third-order valence-electron chi connectivity index (χ3n) is 3.33. The topological polar surface area (TPSA) is 113 Å². The standard InChI is InChI=1S/C12H17NO6S2/c14-8-12(3-5-19-6-4-12)13-21(17,18)11-2-1-9(20-11)7-10(15)16/h1-2,13-14H,3-8H2,(H,15,16). The molecule has 0 atom stereocenters. The summed E-state index contributed by atoms with van der Waals surface area (Å²) in [5, 5.41) is 18.2. The van der Waals surface area contributed by atoms with Gasteiger partial charge in [-0.1, -0.05) is 0 Å². The van der Waals surface area contributed by atoms with Crippen molar-refractivity contribution in [2.24, 2.45) is 0 Å². The summed E-state index contributed by atoms with van der Waals surface area (Å²) in [5.74, 6) is -1.01. The van der Waals surface area contributed by atoms with E-state index >= 15 is 0 Å². The van der Waals surface area contributed by atoms with E-state index in [2.05, 4.69) is 4.72 Å². The molecule has 21 heavy (non-hydrogen) atoms. The van der Waals surface area contributed by atoms with E-state index < -0.39 is 21.5 Å². The van der Waals surface area contributed by atoms with E-state index in [0.29, 0.717) is 30.9 Å². The molecule has 3 N–H and O–H groups in total. The average molecular weight is 335 g/mol. The van der Waals surface area contributed by atoms with Gasteiger partial charge in [0.15, 0.2) is 0 Å². The molecule has 1 saturated heterocycles. The molecule has 1 aliphatic heterocycles. The van der Waals surface area contributed by atoms with Crippen molar-refractivity contribution in [2.75, 3.05) is 19.8 Å². The fraction of sp³-hybridized carbons (Fsp3) is 0.583. The Hall–Kier alpha value is -1.00. The van der Waals surface area contributed by atoms with E-state index in [1.807, 2.05) is 0 Å². The second-order valence-corrected chi connectivity index (χ2v) is 8.03. The monoisotopic (exact) mass is 335 g/mol. The van der Waals surface area contributed by atoms with Crippen molar-refractivity contribution in [3.8, 4) is 0 Å². The highest BCUT2D eigenvalue weighted by atomic mass is 32.2. The Morgan fingerprint density at radius 1 is 1.38 bits per heavy atom. The molecule has 1 fully saturated rings. The lowest BCUT2D eigenvalue weighted by Crippen LogP contribution is -2.54. The Morgan fingerprint density at radius 3 is 2.62 bits per heavy atom. The number of hydrogen-bond acceptors (Lipinski definition) is 6. The van der Waals surface area contributed by atoms with Gasteiger partial charge in [-0.2, -0.15) is 0 Å². The number of aliphatic carboxylic acids is 1. The molecule has 0 unspecified atom stereocenters. The molecule has 0 amide bonds. The normalized spacial score (nSPS) is 18.5. The second-order valence-electron chi connectivity index (χ2n) is 4.95. The molecule has 1 aromatic heterocycles. The first-order chi connectivity index (χ1) is 9.87. The SMILES string of the molecule is O=C(O)Cc1ccc(S(=O)(=O)NC2(CO)CCOCC2)s1. The van der Waals surface area contributed by atoms with Crippen LogP contribution >= 0.6 is 11.3 Å². The molecule has 0 radical (unpaired) electrons. The van der Waals surface area contributed by atoms with Crippen LogP contribution in [0.3, 0.4) is 0 Å². The quantitative estimate of drug-likeness (QED) is 0.684. The van der Waals surface area contributed by atoms with Gasteiger partial charge in [0, 0.05) is 18.1 Å². The minimum atomic E-state index is -3.79. The van der Waals surface area contributed by atoms with Gasteiger partial charge in [-0.25, -0.2) is 13.1 Å². The lowest BCUT2D eigenvalue weighted by molar-refractivity contribution is -0.136. The van der Waals surface area contributed by atoms with Crippen LogP contribution in [-0.4, -0.2) is 50.0 Å². The number of rotatable bonds is 6. The van der Waals surface area contributed by atoms with E-state index in [9.17, 15) is 18.3 Å². The number of ether oxygens (including phenoxy) is 1. The first kappa shape index (κ1) is 16.4. The molecule has 0 saturated carbocycles. The van der Waals surface area contributed by atoms with E-state index in [4.69, 9.17) is 9.84 Å². The predicted octanol–water partition coefficient (Wildman–Crippen LogP) is 0.195.